The third kappa shape index (κ3) is 4.12. The lowest BCUT2D eigenvalue weighted by Gasteiger charge is -2.02. The molecule has 0 aliphatic rings. The highest BCUT2D eigenvalue weighted by Gasteiger charge is 2.12. The molecule has 4 aromatic rings. The predicted octanol–water partition coefficient (Wildman–Crippen LogP) is 5.68. The molecule has 2 aromatic carbocycles. The molecule has 6 nitrogen and oxygen atoms in total. The Labute approximate surface area is 179 Å². The molecule has 0 amide bonds. The molecule has 0 aliphatic carbocycles. The van der Waals surface area contributed by atoms with Crippen LogP contribution >= 0.6 is 0 Å². The van der Waals surface area contributed by atoms with Crippen LogP contribution in [0.2, 0.25) is 0 Å². The van der Waals surface area contributed by atoms with E-state index in [1.165, 1.54) is 0 Å². The third-order valence-corrected chi connectivity index (χ3v) is 5.07. The first kappa shape index (κ1) is 20.2. The molecule has 0 aliphatic heterocycles. The fourth-order valence-electron chi connectivity index (χ4n) is 3.26. The molecule has 0 radical (unpaired) electrons. The highest BCUT2D eigenvalue weighted by molar-refractivity contribution is 5.91. The molecular formula is C25H21N3O3. The molecule has 2 heterocycles. The van der Waals surface area contributed by atoms with Gasteiger partial charge in [-0.3, -0.25) is 0 Å². The molecule has 0 spiro atoms. The highest BCUT2D eigenvalue weighted by Crippen LogP contribution is 2.26. The number of ether oxygens (including phenoxy) is 1. The summed E-state index contributed by atoms with van der Waals surface area (Å²) in [5.74, 6) is 1.31. The van der Waals surface area contributed by atoms with Gasteiger partial charge in [-0.2, -0.15) is 5.26 Å². The van der Waals surface area contributed by atoms with E-state index >= 15 is 0 Å². The van der Waals surface area contributed by atoms with E-state index in [9.17, 15) is 10.1 Å². The number of aromatic nitrogens is 2. The molecule has 0 unspecified atom stereocenters. The summed E-state index contributed by atoms with van der Waals surface area (Å²) in [5.41, 5.74) is 5.71. The number of aryl methyl sites for hydroxylation is 2. The van der Waals surface area contributed by atoms with Crippen molar-refractivity contribution in [1.82, 2.24) is 9.97 Å². The minimum atomic E-state index is -0.355. The monoisotopic (exact) mass is 411 g/mol. The summed E-state index contributed by atoms with van der Waals surface area (Å²) in [7, 11) is 0. The van der Waals surface area contributed by atoms with E-state index in [4.69, 9.17) is 9.15 Å². The third-order valence-electron chi connectivity index (χ3n) is 5.07. The molecule has 6 heteroatoms. The molecular weight excluding hydrogens is 390 g/mol. The van der Waals surface area contributed by atoms with Crippen molar-refractivity contribution in [2.45, 2.75) is 20.8 Å². The van der Waals surface area contributed by atoms with Crippen molar-refractivity contribution in [2.24, 2.45) is 0 Å². The summed E-state index contributed by atoms with van der Waals surface area (Å²) < 4.78 is 10.9. The second-order valence-corrected chi connectivity index (χ2v) is 7.21. The van der Waals surface area contributed by atoms with Gasteiger partial charge in [-0.25, -0.2) is 9.78 Å². The van der Waals surface area contributed by atoms with Crippen LogP contribution in [-0.2, 0) is 4.74 Å². The molecule has 0 saturated carbocycles. The first-order valence-corrected chi connectivity index (χ1v) is 9.95. The number of benzene rings is 2. The summed E-state index contributed by atoms with van der Waals surface area (Å²) in [6.45, 7) is 6.18. The topological polar surface area (TPSA) is 91.9 Å². The van der Waals surface area contributed by atoms with E-state index in [0.717, 1.165) is 27.7 Å². The number of nitrogens with one attached hydrogen (secondary N) is 1. The van der Waals surface area contributed by atoms with Gasteiger partial charge in [-0.1, -0.05) is 12.1 Å². The summed E-state index contributed by atoms with van der Waals surface area (Å²) in [6.07, 6.45) is 1.66. The van der Waals surface area contributed by atoms with Gasteiger partial charge in [0.05, 0.1) is 28.8 Å². The molecule has 0 fully saturated rings. The van der Waals surface area contributed by atoms with Gasteiger partial charge in [-0.05, 0) is 68.3 Å². The van der Waals surface area contributed by atoms with Crippen LogP contribution in [0, 0.1) is 25.2 Å². The number of nitriles is 1. The number of aromatic amines is 1. The number of esters is 1. The summed E-state index contributed by atoms with van der Waals surface area (Å²) in [6, 6.07) is 16.8. The lowest BCUT2D eigenvalue weighted by molar-refractivity contribution is 0.0526. The average molecular weight is 411 g/mol. The van der Waals surface area contributed by atoms with Gasteiger partial charge in [0.1, 0.15) is 23.4 Å². The Morgan fingerprint density at radius 2 is 1.90 bits per heavy atom. The number of hydrogen-bond donors (Lipinski definition) is 1. The van der Waals surface area contributed by atoms with Crippen LogP contribution in [0.15, 0.2) is 52.9 Å². The minimum Gasteiger partial charge on any atom is -0.462 e. The van der Waals surface area contributed by atoms with E-state index in [-0.39, 0.29) is 5.97 Å². The van der Waals surface area contributed by atoms with E-state index in [1.54, 1.807) is 43.3 Å². The Hall–Kier alpha value is -4.11. The molecule has 0 saturated heterocycles. The van der Waals surface area contributed by atoms with Crippen LogP contribution in [0.4, 0.5) is 0 Å². The fourth-order valence-corrected chi connectivity index (χ4v) is 3.26. The number of furan rings is 1. The summed E-state index contributed by atoms with van der Waals surface area (Å²) in [5, 5.41) is 9.66. The van der Waals surface area contributed by atoms with Crippen LogP contribution in [0.5, 0.6) is 0 Å². The SMILES string of the molecule is CCOC(=O)c1ccc(-c2ccc(/C=C(\C#N)c3nc4cc(C)c(C)cc4[nH]3)o2)cc1. The number of rotatable bonds is 5. The number of fused-ring (bicyclic) bond motifs is 1. The maximum atomic E-state index is 11.8. The van der Waals surface area contributed by atoms with Gasteiger partial charge in [0.25, 0.3) is 0 Å². The largest absolute Gasteiger partial charge is 0.462 e. The van der Waals surface area contributed by atoms with Crippen LogP contribution in [0.1, 0.15) is 40.0 Å². The van der Waals surface area contributed by atoms with Crippen molar-refractivity contribution in [2.75, 3.05) is 6.61 Å². The number of allylic oxidation sites excluding steroid dienone is 1. The van der Waals surface area contributed by atoms with Gasteiger partial charge in [-0.15, -0.1) is 0 Å². The van der Waals surface area contributed by atoms with Gasteiger partial charge in [0, 0.05) is 11.6 Å². The second kappa shape index (κ2) is 8.33. The van der Waals surface area contributed by atoms with Gasteiger partial charge in [0.2, 0.25) is 0 Å². The Morgan fingerprint density at radius 3 is 2.61 bits per heavy atom. The first-order chi connectivity index (χ1) is 15.0. The zero-order chi connectivity index (χ0) is 22.0. The van der Waals surface area contributed by atoms with Gasteiger partial charge < -0.3 is 14.1 Å². The number of carbonyl (C=O) groups is 1. The van der Waals surface area contributed by atoms with E-state index in [2.05, 4.69) is 16.0 Å². The number of carbonyl (C=O) groups excluding carboxylic acids is 1. The molecule has 2 aromatic heterocycles. The smallest absolute Gasteiger partial charge is 0.338 e. The molecule has 31 heavy (non-hydrogen) atoms. The Balaban J connectivity index is 1.61. The number of hydrogen-bond acceptors (Lipinski definition) is 5. The first-order valence-electron chi connectivity index (χ1n) is 9.95. The van der Waals surface area contributed by atoms with E-state index in [1.807, 2.05) is 32.0 Å². The molecule has 0 atom stereocenters. The lowest BCUT2D eigenvalue weighted by Crippen LogP contribution is -2.03. The highest BCUT2D eigenvalue weighted by atomic mass is 16.5. The van der Waals surface area contributed by atoms with Gasteiger partial charge in [0.15, 0.2) is 0 Å². The average Bonchev–Trinajstić information content (AvgIpc) is 3.39. The van der Waals surface area contributed by atoms with E-state index < -0.39 is 0 Å². The normalized spacial score (nSPS) is 11.5. The standard InChI is InChI=1S/C25H21N3O3/c1-4-30-25(29)18-7-5-17(6-8-18)23-10-9-20(31-23)13-19(14-26)24-27-21-11-15(2)16(3)12-22(21)28-24/h5-13H,4H2,1-3H3,(H,27,28)/b19-13+. The second-order valence-electron chi connectivity index (χ2n) is 7.21. The Bertz CT molecular complexity index is 1300. The van der Waals surface area contributed by atoms with E-state index in [0.29, 0.717) is 35.1 Å². The van der Waals surface area contributed by atoms with Gasteiger partial charge >= 0.3 is 5.97 Å². The number of imidazole rings is 1. The van der Waals surface area contributed by atoms with Crippen molar-refractivity contribution >= 4 is 28.7 Å². The van der Waals surface area contributed by atoms with Crippen molar-refractivity contribution in [3.05, 3.63) is 76.8 Å². The molecule has 1 N–H and O–H groups in total. The van der Waals surface area contributed by atoms with Crippen LogP contribution in [0.3, 0.4) is 0 Å². The Kier molecular flexibility index (Phi) is 5.42. The summed E-state index contributed by atoms with van der Waals surface area (Å²) >= 11 is 0. The maximum Gasteiger partial charge on any atom is 0.338 e. The predicted molar refractivity (Wildman–Crippen MR) is 119 cm³/mol. The van der Waals surface area contributed by atoms with Crippen LogP contribution in [0.25, 0.3) is 34.0 Å². The minimum absolute atomic E-state index is 0.333. The zero-order valence-electron chi connectivity index (χ0n) is 17.5. The fraction of sp³-hybridized carbons (Fsp3) is 0.160. The Morgan fingerprint density at radius 1 is 1.16 bits per heavy atom. The number of H-pyrrole nitrogens is 1. The quantitative estimate of drug-likeness (QED) is 0.337. The molecule has 0 bridgehead atoms. The number of nitrogens with zero attached hydrogens (tertiary/aromatic N) is 2. The molecule has 4 rings (SSSR count). The van der Waals surface area contributed by atoms with Crippen molar-refractivity contribution in [3.63, 3.8) is 0 Å². The van der Waals surface area contributed by atoms with Crippen molar-refractivity contribution in [1.29, 1.82) is 5.26 Å². The lowest BCUT2D eigenvalue weighted by atomic mass is 10.1. The summed E-state index contributed by atoms with van der Waals surface area (Å²) in [4.78, 5) is 19.6. The van der Waals surface area contributed by atoms with Crippen molar-refractivity contribution < 1.29 is 13.9 Å². The van der Waals surface area contributed by atoms with Crippen molar-refractivity contribution in [3.8, 4) is 17.4 Å². The molecule has 154 valence electrons. The maximum absolute atomic E-state index is 11.8. The van der Waals surface area contributed by atoms with Crippen LogP contribution < -0.4 is 0 Å². The zero-order valence-corrected chi connectivity index (χ0v) is 17.5. The van der Waals surface area contributed by atoms with Crippen LogP contribution in [-0.4, -0.2) is 22.5 Å².